The minimum atomic E-state index is -0.556. The predicted molar refractivity (Wildman–Crippen MR) is 82.3 cm³/mol. The molecule has 1 amide bonds. The molecule has 21 heavy (non-hydrogen) atoms. The summed E-state index contributed by atoms with van der Waals surface area (Å²) in [4.78, 5) is 26.3. The summed E-state index contributed by atoms with van der Waals surface area (Å²) in [6, 6.07) is -0.554. The van der Waals surface area contributed by atoms with Crippen molar-refractivity contribution in [2.45, 2.75) is 59.1 Å². The molecule has 0 N–H and O–H groups in total. The smallest absolute Gasteiger partial charge is 0.329 e. The molecule has 0 aromatic heterocycles. The van der Waals surface area contributed by atoms with Crippen LogP contribution in [0.15, 0.2) is 0 Å². The van der Waals surface area contributed by atoms with Crippen molar-refractivity contribution >= 4 is 11.9 Å². The van der Waals surface area contributed by atoms with E-state index in [1.165, 1.54) is 4.90 Å². The molecule has 0 radical (unpaired) electrons. The maximum Gasteiger partial charge on any atom is 0.329 e. The Kier molecular flexibility index (Phi) is 5.44. The first-order valence-electron chi connectivity index (χ1n) is 7.52. The number of amides is 1. The van der Waals surface area contributed by atoms with Gasteiger partial charge < -0.3 is 9.64 Å². The van der Waals surface area contributed by atoms with E-state index in [2.05, 4.69) is 5.92 Å². The third-order valence-electron chi connectivity index (χ3n) is 3.77. The van der Waals surface area contributed by atoms with Crippen molar-refractivity contribution in [3.05, 3.63) is 0 Å². The van der Waals surface area contributed by atoms with Crippen LogP contribution in [-0.2, 0) is 14.3 Å². The molecule has 1 aliphatic rings. The van der Waals surface area contributed by atoms with Gasteiger partial charge in [-0.3, -0.25) is 4.79 Å². The van der Waals surface area contributed by atoms with Gasteiger partial charge in [0.05, 0.1) is 0 Å². The SMILES string of the molecule is C#C[C@H]1C[C@@H](C(=O)N(C)[C@H](C(=O)OC(C)(C)C)C(C)C)C1. The largest absolute Gasteiger partial charge is 0.458 e. The van der Waals surface area contributed by atoms with Gasteiger partial charge in [-0.2, -0.15) is 0 Å². The van der Waals surface area contributed by atoms with Gasteiger partial charge in [0.1, 0.15) is 11.6 Å². The molecule has 0 aliphatic heterocycles. The Morgan fingerprint density at radius 3 is 2.19 bits per heavy atom. The van der Waals surface area contributed by atoms with Crippen molar-refractivity contribution in [2.75, 3.05) is 7.05 Å². The molecule has 0 spiro atoms. The summed E-state index contributed by atoms with van der Waals surface area (Å²) in [5, 5.41) is 0. The van der Waals surface area contributed by atoms with Crippen molar-refractivity contribution in [1.29, 1.82) is 0 Å². The maximum absolute atomic E-state index is 12.5. The van der Waals surface area contributed by atoms with E-state index in [9.17, 15) is 9.59 Å². The number of nitrogens with zero attached hydrogens (tertiary/aromatic N) is 1. The molecule has 0 bridgehead atoms. The fourth-order valence-corrected chi connectivity index (χ4v) is 2.62. The Morgan fingerprint density at radius 2 is 1.81 bits per heavy atom. The molecule has 0 aromatic carbocycles. The van der Waals surface area contributed by atoms with Crippen LogP contribution in [0, 0.1) is 30.1 Å². The minimum Gasteiger partial charge on any atom is -0.458 e. The fraction of sp³-hybridized carbons (Fsp3) is 0.765. The van der Waals surface area contributed by atoms with E-state index in [-0.39, 0.29) is 29.6 Å². The number of esters is 1. The van der Waals surface area contributed by atoms with Crippen LogP contribution in [0.4, 0.5) is 0 Å². The molecule has 0 saturated heterocycles. The molecular formula is C17H27NO3. The highest BCUT2D eigenvalue weighted by Crippen LogP contribution is 2.35. The Morgan fingerprint density at radius 1 is 1.29 bits per heavy atom. The lowest BCUT2D eigenvalue weighted by molar-refractivity contribution is -0.167. The van der Waals surface area contributed by atoms with Gasteiger partial charge in [-0.05, 0) is 39.5 Å². The number of carbonyl (C=O) groups is 2. The molecule has 1 saturated carbocycles. The quantitative estimate of drug-likeness (QED) is 0.591. The second kappa shape index (κ2) is 6.51. The number of rotatable bonds is 4. The zero-order valence-electron chi connectivity index (χ0n) is 14.0. The number of carbonyl (C=O) groups excluding carboxylic acids is 2. The van der Waals surface area contributed by atoms with Gasteiger partial charge in [-0.1, -0.05) is 13.8 Å². The summed E-state index contributed by atoms with van der Waals surface area (Å²) in [5.74, 6) is 2.46. The lowest BCUT2D eigenvalue weighted by Gasteiger charge is -2.38. The highest BCUT2D eigenvalue weighted by molar-refractivity contribution is 5.86. The monoisotopic (exact) mass is 293 g/mol. The number of likely N-dealkylation sites (N-methyl/N-ethyl adjacent to an activating group) is 1. The van der Waals surface area contributed by atoms with Crippen molar-refractivity contribution < 1.29 is 14.3 Å². The molecular weight excluding hydrogens is 266 g/mol. The zero-order chi connectivity index (χ0) is 16.4. The van der Waals surface area contributed by atoms with Gasteiger partial charge in [0.25, 0.3) is 0 Å². The summed E-state index contributed by atoms with van der Waals surface area (Å²) in [6.45, 7) is 9.32. The lowest BCUT2D eigenvalue weighted by atomic mass is 9.74. The first-order chi connectivity index (χ1) is 9.56. The first-order valence-corrected chi connectivity index (χ1v) is 7.52. The lowest BCUT2D eigenvalue weighted by Crippen LogP contribution is -2.51. The average Bonchev–Trinajstić information content (AvgIpc) is 2.24. The van der Waals surface area contributed by atoms with Crippen LogP contribution < -0.4 is 0 Å². The van der Waals surface area contributed by atoms with Crippen LogP contribution in [-0.4, -0.2) is 35.5 Å². The molecule has 4 heteroatoms. The predicted octanol–water partition coefficient (Wildman–Crippen LogP) is 2.47. The molecule has 1 atom stereocenters. The molecule has 4 nitrogen and oxygen atoms in total. The first kappa shape index (κ1) is 17.6. The summed E-state index contributed by atoms with van der Waals surface area (Å²) in [5.41, 5.74) is -0.556. The summed E-state index contributed by atoms with van der Waals surface area (Å²) in [7, 11) is 1.68. The number of hydrogen-bond donors (Lipinski definition) is 0. The molecule has 0 aromatic rings. The highest BCUT2D eigenvalue weighted by atomic mass is 16.6. The third kappa shape index (κ3) is 4.49. The van der Waals surface area contributed by atoms with E-state index >= 15 is 0 Å². The van der Waals surface area contributed by atoms with E-state index in [0.29, 0.717) is 0 Å². The van der Waals surface area contributed by atoms with Gasteiger partial charge in [-0.25, -0.2) is 4.79 Å². The molecule has 1 rings (SSSR count). The summed E-state index contributed by atoms with van der Waals surface area (Å²) in [6.07, 6.45) is 6.79. The molecule has 0 unspecified atom stereocenters. The van der Waals surface area contributed by atoms with Gasteiger partial charge in [-0.15, -0.1) is 12.3 Å². The van der Waals surface area contributed by atoms with E-state index < -0.39 is 11.6 Å². The van der Waals surface area contributed by atoms with Crippen LogP contribution in [0.1, 0.15) is 47.5 Å². The zero-order valence-corrected chi connectivity index (χ0v) is 14.0. The number of hydrogen-bond acceptors (Lipinski definition) is 3. The molecule has 1 aliphatic carbocycles. The van der Waals surface area contributed by atoms with Crippen LogP contribution in [0.5, 0.6) is 0 Å². The Hall–Kier alpha value is -1.50. The van der Waals surface area contributed by atoms with Crippen molar-refractivity contribution in [1.82, 2.24) is 4.90 Å². The Labute approximate surface area is 128 Å². The second-order valence-corrected chi connectivity index (χ2v) is 7.20. The second-order valence-electron chi connectivity index (χ2n) is 7.20. The fourth-order valence-electron chi connectivity index (χ4n) is 2.62. The van der Waals surface area contributed by atoms with Crippen molar-refractivity contribution in [2.24, 2.45) is 17.8 Å². The van der Waals surface area contributed by atoms with Gasteiger partial charge in [0, 0.05) is 18.9 Å². The highest BCUT2D eigenvalue weighted by Gasteiger charge is 2.40. The third-order valence-corrected chi connectivity index (χ3v) is 3.77. The van der Waals surface area contributed by atoms with Crippen LogP contribution in [0.25, 0.3) is 0 Å². The van der Waals surface area contributed by atoms with E-state index in [4.69, 9.17) is 11.2 Å². The topological polar surface area (TPSA) is 46.6 Å². The number of ether oxygens (including phenoxy) is 1. The Balaban J connectivity index is 2.74. The van der Waals surface area contributed by atoms with E-state index in [1.54, 1.807) is 7.05 Å². The standard InChI is InChI=1S/C17H27NO3/c1-8-12-9-13(10-12)15(19)18(7)14(11(2)3)16(20)21-17(4,5)6/h1,11-14H,9-10H2,2-7H3/t12-,13+,14-/m0/s1. The van der Waals surface area contributed by atoms with Crippen LogP contribution in [0.2, 0.25) is 0 Å². The summed E-state index contributed by atoms with van der Waals surface area (Å²) < 4.78 is 5.44. The molecule has 1 fully saturated rings. The van der Waals surface area contributed by atoms with Gasteiger partial charge in [0.2, 0.25) is 5.91 Å². The van der Waals surface area contributed by atoms with Gasteiger partial charge >= 0.3 is 5.97 Å². The average molecular weight is 293 g/mol. The minimum absolute atomic E-state index is 0.00249. The van der Waals surface area contributed by atoms with Crippen molar-refractivity contribution in [3.63, 3.8) is 0 Å². The molecule has 118 valence electrons. The van der Waals surface area contributed by atoms with E-state index in [1.807, 2.05) is 34.6 Å². The van der Waals surface area contributed by atoms with E-state index in [0.717, 1.165) is 12.8 Å². The normalized spacial score (nSPS) is 23.0. The Bertz CT molecular complexity index is 436. The summed E-state index contributed by atoms with van der Waals surface area (Å²) >= 11 is 0. The van der Waals surface area contributed by atoms with Crippen molar-refractivity contribution in [3.8, 4) is 12.3 Å². The maximum atomic E-state index is 12.5. The number of terminal acetylenes is 1. The van der Waals surface area contributed by atoms with Crippen LogP contribution in [0.3, 0.4) is 0 Å². The van der Waals surface area contributed by atoms with Crippen LogP contribution >= 0.6 is 0 Å². The van der Waals surface area contributed by atoms with Gasteiger partial charge in [0.15, 0.2) is 0 Å². The molecule has 0 heterocycles.